The van der Waals surface area contributed by atoms with E-state index in [-0.39, 0.29) is 42.1 Å². The molecule has 2 aromatic heterocycles. The number of carboxylic acids is 1. The highest BCUT2D eigenvalue weighted by Crippen LogP contribution is 2.31. The molecule has 3 aromatic rings. The lowest BCUT2D eigenvalue weighted by Gasteiger charge is -2.36. The second kappa shape index (κ2) is 18.4. The Kier molecular flexibility index (Phi) is 14.7. The van der Waals surface area contributed by atoms with E-state index >= 15 is 0 Å². The summed E-state index contributed by atoms with van der Waals surface area (Å²) in [5, 5.41) is 17.3. The van der Waals surface area contributed by atoms with Crippen LogP contribution in [0.2, 0.25) is 0 Å². The zero-order valence-electron chi connectivity index (χ0n) is 30.1. The van der Waals surface area contributed by atoms with E-state index in [4.69, 9.17) is 4.74 Å². The summed E-state index contributed by atoms with van der Waals surface area (Å²) in [6.07, 6.45) is 3.80. The van der Waals surface area contributed by atoms with Crippen molar-refractivity contribution in [3.8, 4) is 0 Å². The first kappa shape index (κ1) is 39.8. The van der Waals surface area contributed by atoms with Crippen LogP contribution in [0.25, 0.3) is 0 Å². The number of likely N-dealkylation sites (N-methyl/N-ethyl adjacent to an activating group) is 1. The predicted octanol–water partition coefficient (Wildman–Crippen LogP) is 4.65. The highest BCUT2D eigenvalue weighted by atomic mass is 32.1. The van der Waals surface area contributed by atoms with Crippen molar-refractivity contribution in [2.45, 2.75) is 91.5 Å². The molecule has 0 aliphatic rings. The van der Waals surface area contributed by atoms with Crippen LogP contribution in [0.3, 0.4) is 0 Å². The molecule has 0 saturated heterocycles. The van der Waals surface area contributed by atoms with Gasteiger partial charge in [-0.25, -0.2) is 9.97 Å². The third kappa shape index (κ3) is 11.0. The number of carbonyl (C=O) groups excluding carboxylic acids is 4. The van der Waals surface area contributed by atoms with Crippen LogP contribution in [0.5, 0.6) is 0 Å². The molecule has 272 valence electrons. The Hall–Kier alpha value is -4.59. The minimum atomic E-state index is -0.952. The zero-order chi connectivity index (χ0) is 37.1. The Bertz CT molecular complexity index is 1610. The summed E-state index contributed by atoms with van der Waals surface area (Å²) in [5.41, 5.74) is 1.07. The predicted molar refractivity (Wildman–Crippen MR) is 189 cm³/mol. The molecule has 0 fully saturated rings. The number of nitrogens with one attached hydrogen (secondary N) is 2. The molecule has 1 aromatic carbocycles. The van der Waals surface area contributed by atoms with Gasteiger partial charge in [0.2, 0.25) is 5.91 Å². The molecule has 0 aliphatic heterocycles. The topological polar surface area (TPSA) is 173 Å². The van der Waals surface area contributed by atoms with E-state index in [1.807, 2.05) is 58.0 Å². The van der Waals surface area contributed by atoms with Gasteiger partial charge in [-0.3, -0.25) is 24.0 Å². The maximum absolute atomic E-state index is 14.0. The quantitative estimate of drug-likeness (QED) is 0.159. The molecule has 6 atom stereocenters. The van der Waals surface area contributed by atoms with Crippen molar-refractivity contribution in [3.63, 3.8) is 0 Å². The summed E-state index contributed by atoms with van der Waals surface area (Å²) in [5.74, 6) is -3.47. The fraction of sp³-hybridized carbons (Fsp3) is 0.528. The average molecular weight is 711 g/mol. The number of imidazole rings is 1. The Morgan fingerprint density at radius 2 is 1.70 bits per heavy atom. The lowest BCUT2D eigenvalue weighted by Crippen LogP contribution is -2.54. The van der Waals surface area contributed by atoms with E-state index in [0.29, 0.717) is 17.8 Å². The van der Waals surface area contributed by atoms with Gasteiger partial charge in [0.15, 0.2) is 11.9 Å². The third-order valence-corrected chi connectivity index (χ3v) is 9.85. The van der Waals surface area contributed by atoms with Crippen molar-refractivity contribution in [1.82, 2.24) is 30.1 Å². The van der Waals surface area contributed by atoms with Gasteiger partial charge in [-0.1, -0.05) is 71.4 Å². The average Bonchev–Trinajstić information content (AvgIpc) is 3.74. The number of carboxylic acid groups (broad SMARTS) is 1. The molecular weight excluding hydrogens is 660 g/mol. The molecule has 14 heteroatoms. The number of hydrogen-bond acceptors (Lipinski definition) is 9. The summed E-state index contributed by atoms with van der Waals surface area (Å²) in [6, 6.07) is 7.76. The highest BCUT2D eigenvalue weighted by Gasteiger charge is 2.36. The van der Waals surface area contributed by atoms with E-state index in [2.05, 4.69) is 20.6 Å². The molecule has 50 heavy (non-hydrogen) atoms. The maximum Gasteiger partial charge on any atom is 0.306 e. The molecule has 0 aliphatic carbocycles. The first-order valence-electron chi connectivity index (χ1n) is 16.9. The number of esters is 1. The largest absolute Gasteiger partial charge is 0.481 e. The molecule has 0 spiro atoms. The van der Waals surface area contributed by atoms with Crippen LogP contribution in [0.4, 0.5) is 0 Å². The second-order valence-corrected chi connectivity index (χ2v) is 14.1. The van der Waals surface area contributed by atoms with E-state index < -0.39 is 53.9 Å². The molecule has 3 amide bonds. The van der Waals surface area contributed by atoms with Gasteiger partial charge in [-0.2, -0.15) is 0 Å². The van der Waals surface area contributed by atoms with E-state index in [9.17, 15) is 29.1 Å². The number of rotatable bonds is 18. The van der Waals surface area contributed by atoms with Crippen molar-refractivity contribution in [1.29, 1.82) is 0 Å². The van der Waals surface area contributed by atoms with Crippen LogP contribution in [0, 0.1) is 17.8 Å². The number of aliphatic carboxylic acids is 1. The van der Waals surface area contributed by atoms with Gasteiger partial charge in [-0.15, -0.1) is 11.3 Å². The molecule has 3 N–H and O–H groups in total. The molecule has 0 radical (unpaired) electrons. The van der Waals surface area contributed by atoms with Crippen LogP contribution in [-0.2, 0) is 32.6 Å². The first-order chi connectivity index (χ1) is 23.6. The molecule has 13 nitrogen and oxygen atoms in total. The van der Waals surface area contributed by atoms with Crippen molar-refractivity contribution < 1.29 is 33.8 Å². The van der Waals surface area contributed by atoms with Crippen molar-refractivity contribution in [3.05, 3.63) is 70.2 Å². The lowest BCUT2D eigenvalue weighted by molar-refractivity contribution is -0.148. The van der Waals surface area contributed by atoms with Gasteiger partial charge in [0.1, 0.15) is 16.7 Å². The first-order valence-corrected chi connectivity index (χ1v) is 17.8. The fourth-order valence-corrected chi connectivity index (χ4v) is 6.61. The van der Waals surface area contributed by atoms with Crippen LogP contribution < -0.4 is 10.6 Å². The summed E-state index contributed by atoms with van der Waals surface area (Å²) in [4.78, 5) is 74.7. The summed E-state index contributed by atoms with van der Waals surface area (Å²) < 4.78 is 7.31. The van der Waals surface area contributed by atoms with Gasteiger partial charge in [0.05, 0.1) is 5.92 Å². The Morgan fingerprint density at radius 1 is 1.02 bits per heavy atom. The molecule has 0 saturated carbocycles. The zero-order valence-corrected chi connectivity index (χ0v) is 30.9. The van der Waals surface area contributed by atoms with Gasteiger partial charge in [0, 0.05) is 57.3 Å². The molecule has 3 rings (SSSR count). The molecule has 0 bridgehead atoms. The SMILES string of the molecule is CC[C@H](C)[C@H](NC(=O)c1nccn1C)C(=O)N(C)[C@H](C[C@@H](OC(C)=O)c1nc(C(=O)N[C@@H](Cc2ccccc2)C[C@H](C)C(=O)O)cs1)C(C)C. The minimum absolute atomic E-state index is 0.0810. The standard InChI is InChI=1S/C36H50N6O7S/c1-9-22(4)30(40-33(45)31-37-15-16-41(31)7)35(46)42(8)28(21(2)3)19-29(49-24(6)43)34-39-27(20-50-34)32(44)38-26(17-23(5)36(47)48)18-25-13-11-10-12-14-25/h10-16,20-23,26,28-30H,9,17-19H2,1-8H3,(H,38,44)(H,40,45)(H,47,48)/t22-,23-,26+,28+,29+,30-/m0/s1. The van der Waals surface area contributed by atoms with Crippen LogP contribution in [0.1, 0.15) is 98.6 Å². The monoisotopic (exact) mass is 710 g/mol. The number of hydrogen-bond donors (Lipinski definition) is 3. The summed E-state index contributed by atoms with van der Waals surface area (Å²) in [6.45, 7) is 10.6. The number of amides is 3. The third-order valence-electron chi connectivity index (χ3n) is 8.92. The number of aryl methyl sites for hydroxylation is 1. The maximum atomic E-state index is 14.0. The lowest BCUT2D eigenvalue weighted by atomic mass is 9.93. The van der Waals surface area contributed by atoms with Crippen LogP contribution >= 0.6 is 11.3 Å². The number of ether oxygens (including phenoxy) is 1. The van der Waals surface area contributed by atoms with Crippen molar-refractivity contribution in [2.24, 2.45) is 24.8 Å². The smallest absolute Gasteiger partial charge is 0.306 e. The minimum Gasteiger partial charge on any atom is -0.481 e. The van der Waals surface area contributed by atoms with Crippen LogP contribution in [0.15, 0.2) is 48.1 Å². The molecule has 0 unspecified atom stereocenters. The summed E-state index contributed by atoms with van der Waals surface area (Å²) >= 11 is 1.16. The highest BCUT2D eigenvalue weighted by molar-refractivity contribution is 7.09. The Balaban J connectivity index is 1.82. The Morgan fingerprint density at radius 3 is 2.26 bits per heavy atom. The second-order valence-electron chi connectivity index (χ2n) is 13.2. The molecular formula is C36H50N6O7S. The van der Waals surface area contributed by atoms with E-state index in [1.165, 1.54) is 13.1 Å². The van der Waals surface area contributed by atoms with Crippen LogP contribution in [-0.4, -0.2) is 79.4 Å². The summed E-state index contributed by atoms with van der Waals surface area (Å²) in [7, 11) is 3.38. The number of thiazole rings is 1. The van der Waals surface area contributed by atoms with Gasteiger partial charge in [0.25, 0.3) is 11.8 Å². The fourth-order valence-electron chi connectivity index (χ4n) is 5.77. The number of benzene rings is 1. The van der Waals surface area contributed by atoms with E-state index in [1.54, 1.807) is 42.1 Å². The van der Waals surface area contributed by atoms with E-state index in [0.717, 1.165) is 16.9 Å². The number of aromatic nitrogens is 3. The number of carbonyl (C=O) groups is 5. The number of nitrogens with zero attached hydrogens (tertiary/aromatic N) is 4. The van der Waals surface area contributed by atoms with Crippen molar-refractivity contribution in [2.75, 3.05) is 7.05 Å². The Labute approximate surface area is 297 Å². The van der Waals surface area contributed by atoms with Gasteiger partial charge >= 0.3 is 11.9 Å². The molecule has 2 heterocycles. The normalized spacial score (nSPS) is 14.9. The van der Waals surface area contributed by atoms with Crippen molar-refractivity contribution >= 4 is 41.0 Å². The van der Waals surface area contributed by atoms with Gasteiger partial charge < -0.3 is 29.9 Å². The van der Waals surface area contributed by atoms with Gasteiger partial charge in [-0.05, 0) is 30.2 Å².